The molecule has 0 spiro atoms. The smallest absolute Gasteiger partial charge is 0.0639 e. The number of benzene rings is 1. The second kappa shape index (κ2) is 6.35. The highest BCUT2D eigenvalue weighted by atomic mass is 79.9. The Labute approximate surface area is 105 Å². The molecule has 0 radical (unpaired) electrons. The predicted molar refractivity (Wildman–Crippen MR) is 70.2 cm³/mol. The molecule has 90 valence electrons. The number of halogens is 1. The van der Waals surface area contributed by atoms with Crippen molar-refractivity contribution in [1.29, 1.82) is 0 Å². The van der Waals surface area contributed by atoms with Crippen LogP contribution in [-0.2, 0) is 0 Å². The van der Waals surface area contributed by atoms with Gasteiger partial charge in [-0.25, -0.2) is 0 Å². The second-order valence-corrected chi connectivity index (χ2v) is 5.01. The summed E-state index contributed by atoms with van der Waals surface area (Å²) in [6.45, 7) is 2.94. The minimum Gasteiger partial charge on any atom is -0.392 e. The maximum absolute atomic E-state index is 9.38. The first-order valence-electron chi connectivity index (χ1n) is 5.38. The van der Waals surface area contributed by atoms with Gasteiger partial charge in [0.1, 0.15) is 0 Å². The van der Waals surface area contributed by atoms with Crippen LogP contribution in [0.1, 0.15) is 18.5 Å². The fourth-order valence-corrected chi connectivity index (χ4v) is 2.25. The Morgan fingerprint density at radius 1 is 1.50 bits per heavy atom. The van der Waals surface area contributed by atoms with Crippen LogP contribution >= 0.6 is 15.9 Å². The molecule has 0 aromatic heterocycles. The lowest BCUT2D eigenvalue weighted by molar-refractivity contribution is 0.119. The fraction of sp³-hybridized carbons (Fsp3) is 0.500. The van der Waals surface area contributed by atoms with E-state index in [-0.39, 0.29) is 12.1 Å². The fourth-order valence-electron chi connectivity index (χ4n) is 1.83. The third kappa shape index (κ3) is 3.87. The highest BCUT2D eigenvalue weighted by Crippen LogP contribution is 2.21. The first kappa shape index (κ1) is 13.6. The molecule has 3 nitrogen and oxygen atoms in total. The van der Waals surface area contributed by atoms with Crippen molar-refractivity contribution in [3.8, 4) is 0 Å². The maximum atomic E-state index is 9.38. The van der Waals surface area contributed by atoms with Gasteiger partial charge in [-0.2, -0.15) is 0 Å². The van der Waals surface area contributed by atoms with Gasteiger partial charge in [0.25, 0.3) is 0 Å². The van der Waals surface area contributed by atoms with E-state index in [2.05, 4.69) is 33.0 Å². The number of hydrogen-bond acceptors (Lipinski definition) is 3. The molecule has 0 amide bonds. The Balaban J connectivity index is 2.81. The summed E-state index contributed by atoms with van der Waals surface area (Å²) in [5, 5.41) is 9.38. The molecule has 0 aliphatic rings. The Morgan fingerprint density at radius 3 is 2.69 bits per heavy atom. The minimum absolute atomic E-state index is 0.145. The Hall–Kier alpha value is -0.420. The summed E-state index contributed by atoms with van der Waals surface area (Å²) < 4.78 is 1.05. The summed E-state index contributed by atoms with van der Waals surface area (Å²) >= 11 is 3.45. The Morgan fingerprint density at radius 2 is 2.19 bits per heavy atom. The molecule has 2 unspecified atom stereocenters. The molecular formula is C12H19BrN2O. The van der Waals surface area contributed by atoms with E-state index >= 15 is 0 Å². The Kier molecular flexibility index (Phi) is 5.41. The van der Waals surface area contributed by atoms with Gasteiger partial charge in [0, 0.05) is 23.6 Å². The summed E-state index contributed by atoms with van der Waals surface area (Å²) in [4.78, 5) is 2.08. The zero-order chi connectivity index (χ0) is 12.1. The monoisotopic (exact) mass is 286 g/mol. The van der Waals surface area contributed by atoms with Gasteiger partial charge >= 0.3 is 0 Å². The third-order valence-electron chi connectivity index (χ3n) is 2.54. The van der Waals surface area contributed by atoms with E-state index in [0.29, 0.717) is 13.1 Å². The van der Waals surface area contributed by atoms with Crippen LogP contribution in [0.25, 0.3) is 0 Å². The molecule has 0 aliphatic carbocycles. The number of hydrogen-bond donors (Lipinski definition) is 2. The van der Waals surface area contributed by atoms with E-state index in [9.17, 15) is 5.11 Å². The van der Waals surface area contributed by atoms with Crippen molar-refractivity contribution in [2.24, 2.45) is 5.73 Å². The van der Waals surface area contributed by atoms with E-state index in [1.807, 2.05) is 19.2 Å². The molecule has 0 saturated carbocycles. The normalized spacial score (nSPS) is 15.1. The highest BCUT2D eigenvalue weighted by molar-refractivity contribution is 9.10. The van der Waals surface area contributed by atoms with E-state index in [4.69, 9.17) is 5.73 Å². The van der Waals surface area contributed by atoms with Crippen molar-refractivity contribution in [3.05, 3.63) is 34.3 Å². The molecule has 0 bridgehead atoms. The number of nitrogens with zero attached hydrogens (tertiary/aromatic N) is 1. The molecule has 16 heavy (non-hydrogen) atoms. The average molecular weight is 287 g/mol. The van der Waals surface area contributed by atoms with Gasteiger partial charge in [0.2, 0.25) is 0 Å². The van der Waals surface area contributed by atoms with E-state index in [1.54, 1.807) is 6.92 Å². The van der Waals surface area contributed by atoms with Crippen LogP contribution in [-0.4, -0.2) is 36.2 Å². The topological polar surface area (TPSA) is 49.5 Å². The number of nitrogens with two attached hydrogens (primary N) is 1. The molecule has 1 rings (SSSR count). The predicted octanol–water partition coefficient (Wildman–Crippen LogP) is 1.76. The molecule has 4 heteroatoms. The van der Waals surface area contributed by atoms with Crippen molar-refractivity contribution in [2.75, 3.05) is 20.1 Å². The largest absolute Gasteiger partial charge is 0.392 e. The van der Waals surface area contributed by atoms with Gasteiger partial charge in [-0.05, 0) is 31.7 Å². The van der Waals surface area contributed by atoms with Crippen molar-refractivity contribution >= 4 is 15.9 Å². The average Bonchev–Trinajstić information content (AvgIpc) is 2.17. The van der Waals surface area contributed by atoms with E-state index < -0.39 is 0 Å². The minimum atomic E-state index is -0.341. The molecule has 0 saturated heterocycles. The summed E-state index contributed by atoms with van der Waals surface area (Å²) in [5.74, 6) is 0. The first-order valence-corrected chi connectivity index (χ1v) is 6.17. The van der Waals surface area contributed by atoms with Gasteiger partial charge in [-0.15, -0.1) is 0 Å². The van der Waals surface area contributed by atoms with Gasteiger partial charge in [-0.1, -0.05) is 28.1 Å². The lowest BCUT2D eigenvalue weighted by atomic mass is 10.1. The molecule has 0 heterocycles. The quantitative estimate of drug-likeness (QED) is 0.867. The number of likely N-dealkylation sites (N-methyl/N-ethyl adjacent to an activating group) is 1. The summed E-state index contributed by atoms with van der Waals surface area (Å²) in [7, 11) is 1.98. The SMILES string of the molecule is CC(O)CN(C)C(CN)c1cccc(Br)c1. The maximum Gasteiger partial charge on any atom is 0.0639 e. The van der Waals surface area contributed by atoms with Crippen molar-refractivity contribution in [2.45, 2.75) is 19.1 Å². The van der Waals surface area contributed by atoms with Gasteiger partial charge in [-0.3, -0.25) is 4.90 Å². The summed E-state index contributed by atoms with van der Waals surface area (Å²) in [6, 6.07) is 8.26. The van der Waals surface area contributed by atoms with Crippen LogP contribution in [0.4, 0.5) is 0 Å². The van der Waals surface area contributed by atoms with Crippen LogP contribution in [0.3, 0.4) is 0 Å². The van der Waals surface area contributed by atoms with E-state index in [0.717, 1.165) is 4.47 Å². The summed E-state index contributed by atoms with van der Waals surface area (Å²) in [6.07, 6.45) is -0.341. The molecule has 1 aromatic rings. The highest BCUT2D eigenvalue weighted by Gasteiger charge is 2.16. The van der Waals surface area contributed by atoms with Gasteiger partial charge in [0.05, 0.1) is 6.10 Å². The number of rotatable bonds is 5. The lowest BCUT2D eigenvalue weighted by Crippen LogP contribution is -2.35. The van der Waals surface area contributed by atoms with Crippen LogP contribution < -0.4 is 5.73 Å². The molecule has 0 fully saturated rings. The molecule has 3 N–H and O–H groups in total. The third-order valence-corrected chi connectivity index (χ3v) is 3.03. The second-order valence-electron chi connectivity index (χ2n) is 4.10. The molecular weight excluding hydrogens is 268 g/mol. The molecule has 2 atom stereocenters. The van der Waals surface area contributed by atoms with Gasteiger partial charge < -0.3 is 10.8 Å². The molecule has 0 aliphatic heterocycles. The standard InChI is InChI=1S/C12H19BrN2O/c1-9(16)8-15(2)12(7-14)10-4-3-5-11(13)6-10/h3-6,9,12,16H,7-8,14H2,1-2H3. The van der Waals surface area contributed by atoms with E-state index in [1.165, 1.54) is 5.56 Å². The van der Waals surface area contributed by atoms with Crippen molar-refractivity contribution < 1.29 is 5.11 Å². The number of aliphatic hydroxyl groups is 1. The van der Waals surface area contributed by atoms with Crippen LogP contribution in [0.5, 0.6) is 0 Å². The zero-order valence-electron chi connectivity index (χ0n) is 9.73. The Bertz CT molecular complexity index is 331. The first-order chi connectivity index (χ1) is 7.54. The number of aliphatic hydroxyl groups excluding tert-OH is 1. The van der Waals surface area contributed by atoms with Crippen LogP contribution in [0, 0.1) is 0 Å². The zero-order valence-corrected chi connectivity index (χ0v) is 11.3. The van der Waals surface area contributed by atoms with Gasteiger partial charge in [0.15, 0.2) is 0 Å². The van der Waals surface area contributed by atoms with Crippen LogP contribution in [0.15, 0.2) is 28.7 Å². The van der Waals surface area contributed by atoms with Crippen molar-refractivity contribution in [3.63, 3.8) is 0 Å². The van der Waals surface area contributed by atoms with Crippen LogP contribution in [0.2, 0.25) is 0 Å². The van der Waals surface area contributed by atoms with Crippen molar-refractivity contribution in [1.82, 2.24) is 4.90 Å². The molecule has 1 aromatic carbocycles. The lowest BCUT2D eigenvalue weighted by Gasteiger charge is -2.28. The summed E-state index contributed by atoms with van der Waals surface area (Å²) in [5.41, 5.74) is 6.96.